The van der Waals surface area contributed by atoms with Crippen molar-refractivity contribution >= 4 is 27.7 Å². The van der Waals surface area contributed by atoms with E-state index < -0.39 is 28.7 Å². The van der Waals surface area contributed by atoms with Gasteiger partial charge in [-0.2, -0.15) is 12.7 Å². The molecule has 42 heavy (non-hydrogen) atoms. The topological polar surface area (TPSA) is 90.0 Å². The highest BCUT2D eigenvalue weighted by Gasteiger charge is 2.35. The van der Waals surface area contributed by atoms with Crippen molar-refractivity contribution in [1.82, 2.24) is 14.5 Å². The first-order valence-electron chi connectivity index (χ1n) is 14.2. The standard InChI is InChI=1S/C33H44N4O4S/c1-24(2)21-34-33(39)31(20-28-14-9-8-10-15-28)36(22-29-16-12-11-13-26(29)4)32(38)23-37(42(40,41)35(6)7)30-19-25(3)17-18-27(30)5/h8-19,24,31H,20-23H2,1-7H3,(H,34,39)/t31-/m1/s1. The van der Waals surface area contributed by atoms with Crippen LogP contribution in [0.15, 0.2) is 72.8 Å². The Morgan fingerprint density at radius 2 is 1.50 bits per heavy atom. The predicted molar refractivity (Wildman–Crippen MR) is 169 cm³/mol. The molecule has 2 amide bonds. The number of nitrogens with one attached hydrogen (secondary N) is 1. The summed E-state index contributed by atoms with van der Waals surface area (Å²) in [4.78, 5) is 29.7. The number of carbonyl (C=O) groups is 2. The third-order valence-electron chi connectivity index (χ3n) is 7.21. The van der Waals surface area contributed by atoms with Gasteiger partial charge in [0.1, 0.15) is 12.6 Å². The lowest BCUT2D eigenvalue weighted by Gasteiger charge is -2.35. The molecule has 0 saturated carbocycles. The Morgan fingerprint density at radius 3 is 2.12 bits per heavy atom. The Morgan fingerprint density at radius 1 is 0.857 bits per heavy atom. The maximum absolute atomic E-state index is 14.4. The Labute approximate surface area is 251 Å². The molecule has 8 nitrogen and oxygen atoms in total. The minimum atomic E-state index is -4.05. The van der Waals surface area contributed by atoms with Gasteiger partial charge >= 0.3 is 10.2 Å². The molecule has 0 saturated heterocycles. The summed E-state index contributed by atoms with van der Waals surface area (Å²) in [6.45, 7) is 9.83. The molecule has 3 aromatic carbocycles. The van der Waals surface area contributed by atoms with E-state index in [1.54, 1.807) is 6.07 Å². The quantitative estimate of drug-likeness (QED) is 0.313. The maximum Gasteiger partial charge on any atom is 0.304 e. The molecule has 0 spiro atoms. The lowest BCUT2D eigenvalue weighted by molar-refractivity contribution is -0.140. The summed E-state index contributed by atoms with van der Waals surface area (Å²) in [5, 5.41) is 3.02. The summed E-state index contributed by atoms with van der Waals surface area (Å²) in [5.74, 6) is -0.523. The number of aryl methyl sites for hydroxylation is 3. The third kappa shape index (κ3) is 8.42. The van der Waals surface area contributed by atoms with E-state index in [9.17, 15) is 18.0 Å². The molecule has 0 aliphatic rings. The molecule has 0 aliphatic carbocycles. The Balaban J connectivity index is 2.13. The van der Waals surface area contributed by atoms with E-state index >= 15 is 0 Å². The van der Waals surface area contributed by atoms with Crippen LogP contribution in [0.3, 0.4) is 0 Å². The number of rotatable bonds is 13. The van der Waals surface area contributed by atoms with Crippen LogP contribution in [-0.2, 0) is 32.8 Å². The smallest absolute Gasteiger partial charge is 0.304 e. The Hall–Kier alpha value is -3.69. The molecule has 226 valence electrons. The lowest BCUT2D eigenvalue weighted by atomic mass is 10.0. The normalized spacial score (nSPS) is 12.3. The number of carbonyl (C=O) groups excluding carboxylic acids is 2. The van der Waals surface area contributed by atoms with Crippen molar-refractivity contribution in [2.75, 3.05) is 31.5 Å². The van der Waals surface area contributed by atoms with Crippen molar-refractivity contribution in [2.24, 2.45) is 5.92 Å². The van der Waals surface area contributed by atoms with Crippen molar-refractivity contribution < 1.29 is 18.0 Å². The molecule has 3 rings (SSSR count). The number of benzene rings is 3. The summed E-state index contributed by atoms with van der Waals surface area (Å²) in [5.41, 5.74) is 4.78. The molecule has 1 N–H and O–H groups in total. The molecule has 9 heteroatoms. The molecule has 3 aromatic rings. The molecule has 0 bridgehead atoms. The van der Waals surface area contributed by atoms with E-state index in [0.29, 0.717) is 12.2 Å². The molecule has 0 radical (unpaired) electrons. The number of hydrogen-bond acceptors (Lipinski definition) is 4. The van der Waals surface area contributed by atoms with Crippen molar-refractivity contribution in [3.05, 3.63) is 101 Å². The van der Waals surface area contributed by atoms with E-state index in [-0.39, 0.29) is 24.8 Å². The highest BCUT2D eigenvalue weighted by atomic mass is 32.2. The Bertz CT molecular complexity index is 1470. The van der Waals surface area contributed by atoms with Crippen LogP contribution in [0.2, 0.25) is 0 Å². The number of anilines is 1. The van der Waals surface area contributed by atoms with Crippen LogP contribution in [0.5, 0.6) is 0 Å². The van der Waals surface area contributed by atoms with Gasteiger partial charge in [0.15, 0.2) is 0 Å². The van der Waals surface area contributed by atoms with Crippen LogP contribution in [0.25, 0.3) is 0 Å². The SMILES string of the molecule is Cc1ccc(C)c(N(CC(=O)N(Cc2ccccc2C)[C@H](Cc2ccccc2)C(=O)NCC(C)C)S(=O)(=O)N(C)C)c1. The lowest BCUT2D eigenvalue weighted by Crippen LogP contribution is -2.54. The van der Waals surface area contributed by atoms with Crippen molar-refractivity contribution in [3.8, 4) is 0 Å². The fourth-order valence-electron chi connectivity index (χ4n) is 4.64. The van der Waals surface area contributed by atoms with Gasteiger partial charge in [0.05, 0.1) is 5.69 Å². The summed E-state index contributed by atoms with van der Waals surface area (Å²) in [6, 6.07) is 21.9. The Kier molecular flexibility index (Phi) is 11.3. The first kappa shape index (κ1) is 32.8. The van der Waals surface area contributed by atoms with Crippen molar-refractivity contribution in [1.29, 1.82) is 0 Å². The molecule has 0 aliphatic heterocycles. The van der Waals surface area contributed by atoms with Crippen molar-refractivity contribution in [2.45, 2.75) is 53.6 Å². The number of amides is 2. The van der Waals surface area contributed by atoms with E-state index in [4.69, 9.17) is 0 Å². The van der Waals surface area contributed by atoms with E-state index in [2.05, 4.69) is 5.32 Å². The van der Waals surface area contributed by atoms with Gasteiger partial charge in [0.25, 0.3) is 0 Å². The highest BCUT2D eigenvalue weighted by Crippen LogP contribution is 2.26. The zero-order chi connectivity index (χ0) is 31.0. The number of nitrogens with zero attached hydrogens (tertiary/aromatic N) is 3. The predicted octanol–water partition coefficient (Wildman–Crippen LogP) is 4.64. The molecule has 0 heterocycles. The minimum Gasteiger partial charge on any atom is -0.354 e. The average molecular weight is 593 g/mol. The average Bonchev–Trinajstić information content (AvgIpc) is 2.94. The molecule has 0 fully saturated rings. The van der Waals surface area contributed by atoms with Crippen LogP contribution >= 0.6 is 0 Å². The van der Waals surface area contributed by atoms with Gasteiger partial charge in [-0.05, 0) is 60.6 Å². The summed E-state index contributed by atoms with van der Waals surface area (Å²) < 4.78 is 29.5. The fourth-order valence-corrected chi connectivity index (χ4v) is 5.75. The molecule has 1 atom stereocenters. The van der Waals surface area contributed by atoms with Crippen molar-refractivity contribution in [3.63, 3.8) is 0 Å². The van der Waals surface area contributed by atoms with Crippen LogP contribution in [0.1, 0.15) is 41.7 Å². The first-order valence-corrected chi connectivity index (χ1v) is 15.6. The first-order chi connectivity index (χ1) is 19.8. The van der Waals surface area contributed by atoms with E-state index in [0.717, 1.165) is 36.4 Å². The molecular formula is C33H44N4O4S. The van der Waals surface area contributed by atoms with Crippen LogP contribution < -0.4 is 9.62 Å². The second-order valence-electron chi connectivity index (χ2n) is 11.4. The molecular weight excluding hydrogens is 548 g/mol. The van der Waals surface area contributed by atoms with Gasteiger partial charge in [-0.1, -0.05) is 80.6 Å². The van der Waals surface area contributed by atoms with Gasteiger partial charge < -0.3 is 10.2 Å². The van der Waals surface area contributed by atoms with E-state index in [1.165, 1.54) is 19.0 Å². The summed E-state index contributed by atoms with van der Waals surface area (Å²) in [6.07, 6.45) is 0.284. The fraction of sp³-hybridized carbons (Fsp3) is 0.394. The monoisotopic (exact) mass is 592 g/mol. The largest absolute Gasteiger partial charge is 0.354 e. The van der Waals surface area contributed by atoms with Gasteiger partial charge in [-0.25, -0.2) is 4.31 Å². The van der Waals surface area contributed by atoms with Crippen LogP contribution in [0.4, 0.5) is 5.69 Å². The highest BCUT2D eigenvalue weighted by molar-refractivity contribution is 7.90. The number of hydrogen-bond donors (Lipinski definition) is 1. The zero-order valence-corrected chi connectivity index (χ0v) is 26.6. The van der Waals surface area contributed by atoms with Gasteiger partial charge in [-0.3, -0.25) is 9.59 Å². The van der Waals surface area contributed by atoms with Crippen LogP contribution in [-0.4, -0.2) is 62.7 Å². The molecule has 0 unspecified atom stereocenters. The van der Waals surface area contributed by atoms with Gasteiger partial charge in [0, 0.05) is 33.6 Å². The third-order valence-corrected chi connectivity index (χ3v) is 9.02. The van der Waals surface area contributed by atoms with Gasteiger partial charge in [0.2, 0.25) is 11.8 Å². The zero-order valence-electron chi connectivity index (χ0n) is 25.8. The van der Waals surface area contributed by atoms with E-state index in [1.807, 2.05) is 101 Å². The molecule has 0 aromatic heterocycles. The second kappa shape index (κ2) is 14.5. The summed E-state index contributed by atoms with van der Waals surface area (Å²) >= 11 is 0. The summed E-state index contributed by atoms with van der Waals surface area (Å²) in [7, 11) is -1.16. The maximum atomic E-state index is 14.4. The second-order valence-corrected chi connectivity index (χ2v) is 13.4. The van der Waals surface area contributed by atoms with Crippen LogP contribution in [0, 0.1) is 26.7 Å². The van der Waals surface area contributed by atoms with Gasteiger partial charge in [-0.15, -0.1) is 0 Å². The minimum absolute atomic E-state index is 0.154.